The van der Waals surface area contributed by atoms with Gasteiger partial charge in [-0.1, -0.05) is 18.2 Å². The molecule has 1 aromatic carbocycles. The number of benzene rings is 1. The number of fused-ring (bicyclic) bond motifs is 1. The number of guanidine groups is 1. The third-order valence-corrected chi connectivity index (χ3v) is 4.34. The highest BCUT2D eigenvalue weighted by atomic mass is 127. The van der Waals surface area contributed by atoms with Gasteiger partial charge >= 0.3 is 0 Å². The van der Waals surface area contributed by atoms with Crippen LogP contribution in [0.4, 0.5) is 0 Å². The average molecular weight is 449 g/mol. The second-order valence-electron chi connectivity index (χ2n) is 5.33. The van der Waals surface area contributed by atoms with Crippen molar-refractivity contribution in [1.82, 2.24) is 10.6 Å². The van der Waals surface area contributed by atoms with Crippen LogP contribution in [-0.2, 0) is 0 Å². The molecule has 1 aliphatic rings. The lowest BCUT2D eigenvalue weighted by Gasteiger charge is -2.28. The number of thioether (sulfide) groups is 1. The molecule has 0 aliphatic carbocycles. The molecule has 0 saturated heterocycles. The monoisotopic (exact) mass is 449 g/mol. The van der Waals surface area contributed by atoms with Crippen LogP contribution >= 0.6 is 35.7 Å². The molecule has 0 saturated carbocycles. The van der Waals surface area contributed by atoms with Crippen molar-refractivity contribution < 1.29 is 4.74 Å². The van der Waals surface area contributed by atoms with Crippen LogP contribution in [0, 0.1) is 0 Å². The smallest absolute Gasteiger partial charge is 0.191 e. The Morgan fingerprint density at radius 1 is 1.35 bits per heavy atom. The fraction of sp³-hybridized carbons (Fsp3) is 0.588. The summed E-state index contributed by atoms with van der Waals surface area (Å²) in [4.78, 5) is 4.70. The number of aliphatic imine (C=N–C) groups is 1. The second kappa shape index (κ2) is 11.8. The molecule has 1 aliphatic heterocycles. The van der Waals surface area contributed by atoms with Gasteiger partial charge in [0.05, 0.1) is 12.6 Å². The van der Waals surface area contributed by atoms with E-state index in [0.717, 1.165) is 44.2 Å². The van der Waals surface area contributed by atoms with E-state index >= 15 is 0 Å². The zero-order chi connectivity index (χ0) is 15.6. The molecule has 0 fully saturated rings. The largest absolute Gasteiger partial charge is 0.493 e. The molecule has 1 unspecified atom stereocenters. The van der Waals surface area contributed by atoms with Crippen LogP contribution in [0.15, 0.2) is 29.3 Å². The summed E-state index contributed by atoms with van der Waals surface area (Å²) in [7, 11) is 0. The van der Waals surface area contributed by atoms with Crippen molar-refractivity contribution in [3.8, 4) is 5.75 Å². The summed E-state index contributed by atoms with van der Waals surface area (Å²) >= 11 is 1.90. The predicted molar refractivity (Wildman–Crippen MR) is 111 cm³/mol. The maximum atomic E-state index is 5.72. The van der Waals surface area contributed by atoms with E-state index in [9.17, 15) is 0 Å². The highest BCUT2D eigenvalue weighted by molar-refractivity contribution is 14.0. The molecule has 0 bridgehead atoms. The number of ether oxygens (including phenoxy) is 1. The molecule has 2 rings (SSSR count). The van der Waals surface area contributed by atoms with Gasteiger partial charge in [0.2, 0.25) is 0 Å². The first-order valence-corrected chi connectivity index (χ1v) is 9.50. The molecule has 4 nitrogen and oxygen atoms in total. The van der Waals surface area contributed by atoms with Crippen LogP contribution in [0.2, 0.25) is 0 Å². The van der Waals surface area contributed by atoms with Crippen molar-refractivity contribution >= 4 is 41.7 Å². The van der Waals surface area contributed by atoms with Crippen molar-refractivity contribution in [3.05, 3.63) is 29.8 Å². The molecular weight excluding hydrogens is 421 g/mol. The maximum Gasteiger partial charge on any atom is 0.191 e. The Morgan fingerprint density at radius 2 is 2.17 bits per heavy atom. The third kappa shape index (κ3) is 6.79. The molecule has 1 atom stereocenters. The van der Waals surface area contributed by atoms with Gasteiger partial charge in [0, 0.05) is 25.1 Å². The van der Waals surface area contributed by atoms with Crippen LogP contribution in [0.1, 0.15) is 37.8 Å². The third-order valence-electron chi connectivity index (χ3n) is 3.64. The van der Waals surface area contributed by atoms with Gasteiger partial charge in [0.1, 0.15) is 5.75 Å². The minimum atomic E-state index is 0. The van der Waals surface area contributed by atoms with E-state index in [4.69, 9.17) is 9.73 Å². The highest BCUT2D eigenvalue weighted by Gasteiger charge is 2.21. The van der Waals surface area contributed by atoms with Crippen LogP contribution in [0.3, 0.4) is 0 Å². The fourth-order valence-corrected chi connectivity index (χ4v) is 3.02. The number of unbranched alkanes of at least 4 members (excludes halogenated alkanes) is 1. The van der Waals surface area contributed by atoms with Crippen LogP contribution in [0.25, 0.3) is 0 Å². The zero-order valence-corrected chi connectivity index (χ0v) is 17.2. The number of rotatable bonds is 7. The van der Waals surface area contributed by atoms with Gasteiger partial charge in [-0.25, -0.2) is 0 Å². The normalized spacial score (nSPS) is 16.8. The standard InChI is InChI=1S/C17H27N3OS.HI/c1-3-18-17(19-11-6-7-13-22-2)20-15-10-12-21-16-9-5-4-8-14(15)16;/h4-5,8-9,15H,3,6-7,10-13H2,1-2H3,(H2,18,19,20);1H. The summed E-state index contributed by atoms with van der Waals surface area (Å²) < 4.78 is 5.72. The maximum absolute atomic E-state index is 5.72. The molecule has 0 aromatic heterocycles. The first kappa shape index (κ1) is 20.4. The van der Waals surface area contributed by atoms with Crippen LogP contribution in [0.5, 0.6) is 5.75 Å². The Labute approximate surface area is 161 Å². The van der Waals surface area contributed by atoms with Crippen molar-refractivity contribution in [1.29, 1.82) is 0 Å². The molecule has 6 heteroatoms. The van der Waals surface area contributed by atoms with Gasteiger partial charge in [-0.05, 0) is 37.8 Å². The van der Waals surface area contributed by atoms with E-state index in [0.29, 0.717) is 0 Å². The number of nitrogens with one attached hydrogen (secondary N) is 2. The quantitative estimate of drug-likeness (QED) is 0.288. The molecule has 1 heterocycles. The number of hydrogen-bond acceptors (Lipinski definition) is 3. The fourth-order valence-electron chi connectivity index (χ4n) is 2.53. The van der Waals surface area contributed by atoms with Gasteiger partial charge in [-0.3, -0.25) is 4.99 Å². The Morgan fingerprint density at radius 3 is 2.96 bits per heavy atom. The topological polar surface area (TPSA) is 45.7 Å². The zero-order valence-electron chi connectivity index (χ0n) is 14.0. The summed E-state index contributed by atoms with van der Waals surface area (Å²) in [6.07, 6.45) is 5.48. The molecule has 2 N–H and O–H groups in total. The Hall–Kier alpha value is -0.630. The van der Waals surface area contributed by atoms with Crippen molar-refractivity contribution in [2.24, 2.45) is 4.99 Å². The molecular formula is C17H28IN3OS. The summed E-state index contributed by atoms with van der Waals surface area (Å²) in [5.74, 6) is 3.11. The van der Waals surface area contributed by atoms with Gasteiger partial charge < -0.3 is 15.4 Å². The lowest BCUT2D eigenvalue weighted by atomic mass is 10.0. The molecule has 1 aromatic rings. The molecule has 0 amide bonds. The van der Waals surface area contributed by atoms with Gasteiger partial charge in [-0.15, -0.1) is 24.0 Å². The van der Waals surface area contributed by atoms with Crippen molar-refractivity contribution in [2.45, 2.75) is 32.2 Å². The Bertz CT molecular complexity index is 485. The summed E-state index contributed by atoms with van der Waals surface area (Å²) in [5, 5.41) is 6.90. The summed E-state index contributed by atoms with van der Waals surface area (Å²) in [6, 6.07) is 8.53. The Kier molecular flexibility index (Phi) is 10.5. The van der Waals surface area contributed by atoms with E-state index in [1.165, 1.54) is 17.7 Å². The van der Waals surface area contributed by atoms with Crippen LogP contribution < -0.4 is 15.4 Å². The average Bonchev–Trinajstić information content (AvgIpc) is 2.55. The first-order valence-electron chi connectivity index (χ1n) is 8.10. The second-order valence-corrected chi connectivity index (χ2v) is 6.32. The number of para-hydroxylation sites is 1. The minimum absolute atomic E-state index is 0. The van der Waals surface area contributed by atoms with Gasteiger partial charge in [-0.2, -0.15) is 11.8 Å². The SMILES string of the molecule is CCNC(=NCCCCSC)NC1CCOc2ccccc21.I. The van der Waals surface area contributed by atoms with Crippen molar-refractivity contribution in [2.75, 3.05) is 31.7 Å². The van der Waals surface area contributed by atoms with E-state index in [1.807, 2.05) is 23.9 Å². The predicted octanol–water partition coefficient (Wildman–Crippen LogP) is 3.83. The highest BCUT2D eigenvalue weighted by Crippen LogP contribution is 2.31. The van der Waals surface area contributed by atoms with Crippen LogP contribution in [-0.4, -0.2) is 37.7 Å². The number of hydrogen-bond donors (Lipinski definition) is 2. The number of halogens is 1. The summed E-state index contributed by atoms with van der Waals surface area (Å²) in [6.45, 7) is 4.60. The van der Waals surface area contributed by atoms with E-state index in [1.54, 1.807) is 0 Å². The van der Waals surface area contributed by atoms with Crippen molar-refractivity contribution in [3.63, 3.8) is 0 Å². The minimum Gasteiger partial charge on any atom is -0.493 e. The lowest BCUT2D eigenvalue weighted by molar-refractivity contribution is 0.261. The van der Waals surface area contributed by atoms with E-state index in [-0.39, 0.29) is 30.0 Å². The van der Waals surface area contributed by atoms with Gasteiger partial charge in [0.25, 0.3) is 0 Å². The summed E-state index contributed by atoms with van der Waals surface area (Å²) in [5.41, 5.74) is 1.22. The Balaban J connectivity index is 0.00000264. The molecule has 0 spiro atoms. The molecule has 0 radical (unpaired) electrons. The van der Waals surface area contributed by atoms with E-state index < -0.39 is 0 Å². The molecule has 130 valence electrons. The molecule has 23 heavy (non-hydrogen) atoms. The number of nitrogens with zero attached hydrogens (tertiary/aromatic N) is 1. The first-order chi connectivity index (χ1) is 10.8. The van der Waals surface area contributed by atoms with E-state index in [2.05, 4.69) is 35.9 Å². The van der Waals surface area contributed by atoms with Gasteiger partial charge in [0.15, 0.2) is 5.96 Å². The lowest BCUT2D eigenvalue weighted by Crippen LogP contribution is -2.41.